The highest BCUT2D eigenvalue weighted by atomic mass is 16.5. The van der Waals surface area contributed by atoms with Crippen LogP contribution in [0.1, 0.15) is 50.0 Å². The van der Waals surface area contributed by atoms with Gasteiger partial charge in [-0.3, -0.25) is 9.59 Å². The number of carbonyl (C=O) groups excluding carboxylic acids is 2. The lowest BCUT2D eigenvalue weighted by molar-refractivity contribution is -0.126. The van der Waals surface area contributed by atoms with Crippen LogP contribution in [0.2, 0.25) is 0 Å². The fraction of sp³-hybridized carbons (Fsp3) is 0.393. The van der Waals surface area contributed by atoms with Gasteiger partial charge in [-0.25, -0.2) is 4.98 Å². The van der Waals surface area contributed by atoms with E-state index in [0.717, 1.165) is 22.3 Å². The van der Waals surface area contributed by atoms with Gasteiger partial charge in [0, 0.05) is 24.1 Å². The number of hydrogen-bond acceptors (Lipinski definition) is 5. The van der Waals surface area contributed by atoms with Gasteiger partial charge in [0.2, 0.25) is 5.91 Å². The average Bonchev–Trinajstić information content (AvgIpc) is 2.82. The zero-order chi connectivity index (χ0) is 25.6. The lowest BCUT2D eigenvalue weighted by Crippen LogP contribution is -2.55. The Morgan fingerprint density at radius 3 is 2.51 bits per heavy atom. The number of nitrogens with one attached hydrogen (secondary N) is 2. The van der Waals surface area contributed by atoms with E-state index in [9.17, 15) is 9.59 Å². The summed E-state index contributed by atoms with van der Waals surface area (Å²) < 4.78 is 10.9. The van der Waals surface area contributed by atoms with E-state index in [1.807, 2.05) is 63.2 Å². The van der Waals surface area contributed by atoms with Crippen LogP contribution in [0.15, 0.2) is 48.5 Å². The van der Waals surface area contributed by atoms with Crippen molar-refractivity contribution in [1.29, 1.82) is 0 Å². The number of amides is 2. The van der Waals surface area contributed by atoms with Gasteiger partial charge in [0.05, 0.1) is 30.0 Å². The minimum absolute atomic E-state index is 0.156. The van der Waals surface area contributed by atoms with Gasteiger partial charge in [-0.15, -0.1) is 0 Å². The highest BCUT2D eigenvalue weighted by Crippen LogP contribution is 2.28. The first-order valence-corrected chi connectivity index (χ1v) is 11.9. The first kappa shape index (κ1) is 26.2. The monoisotopic (exact) mass is 477 g/mol. The Bertz CT molecular complexity index is 1200. The number of carbonyl (C=O) groups is 2. The van der Waals surface area contributed by atoms with E-state index in [1.54, 1.807) is 27.0 Å². The standard InChI is InChI=1S/C28H35N3O4/c1-18(2)35-15-9-14-29-27(33)28(4,5)31-26(32)22-17-24(30-23-11-8-7-10-21(22)23)20-12-13-25(34-6)19(3)16-20/h7-8,10-13,16-18H,9,14-15H2,1-6H3,(H,29,33)(H,31,32). The molecule has 1 heterocycles. The molecule has 7 heteroatoms. The largest absolute Gasteiger partial charge is 0.496 e. The van der Waals surface area contributed by atoms with Crippen molar-refractivity contribution in [3.8, 4) is 17.0 Å². The van der Waals surface area contributed by atoms with Crippen LogP contribution in [-0.4, -0.2) is 48.7 Å². The second kappa shape index (κ2) is 11.3. The van der Waals surface area contributed by atoms with E-state index in [2.05, 4.69) is 10.6 Å². The summed E-state index contributed by atoms with van der Waals surface area (Å²) in [5.74, 6) is 0.203. The Kier molecular flexibility index (Phi) is 8.46. The van der Waals surface area contributed by atoms with Crippen LogP contribution in [0, 0.1) is 6.92 Å². The molecule has 0 radical (unpaired) electrons. The SMILES string of the molecule is COc1ccc(-c2cc(C(=O)NC(C)(C)C(=O)NCCCOC(C)C)c3ccccc3n2)cc1C. The Morgan fingerprint density at radius 1 is 1.09 bits per heavy atom. The Balaban J connectivity index is 1.83. The number of benzene rings is 2. The molecule has 0 saturated heterocycles. The maximum atomic E-state index is 13.4. The number of aryl methyl sites for hydroxylation is 1. The minimum Gasteiger partial charge on any atom is -0.496 e. The molecule has 3 aromatic rings. The van der Waals surface area contributed by atoms with Gasteiger partial charge < -0.3 is 20.1 Å². The van der Waals surface area contributed by atoms with Crippen LogP contribution in [0.5, 0.6) is 5.75 Å². The average molecular weight is 478 g/mol. The third kappa shape index (κ3) is 6.57. The zero-order valence-electron chi connectivity index (χ0n) is 21.4. The van der Waals surface area contributed by atoms with Crippen LogP contribution >= 0.6 is 0 Å². The second-order valence-electron chi connectivity index (χ2n) is 9.36. The molecule has 0 atom stereocenters. The second-order valence-corrected chi connectivity index (χ2v) is 9.36. The van der Waals surface area contributed by atoms with E-state index in [1.165, 1.54) is 0 Å². The number of rotatable bonds is 10. The molecule has 0 fully saturated rings. The van der Waals surface area contributed by atoms with Crippen molar-refractivity contribution >= 4 is 22.7 Å². The molecule has 0 bridgehead atoms. The summed E-state index contributed by atoms with van der Waals surface area (Å²) in [7, 11) is 1.63. The van der Waals surface area contributed by atoms with Crippen LogP contribution in [0.3, 0.4) is 0 Å². The summed E-state index contributed by atoms with van der Waals surface area (Å²) in [5, 5.41) is 6.51. The Hall–Kier alpha value is -3.45. The van der Waals surface area contributed by atoms with Crippen molar-refractivity contribution in [2.45, 2.75) is 52.7 Å². The number of pyridine rings is 1. The number of nitrogens with zero attached hydrogens (tertiary/aromatic N) is 1. The van der Waals surface area contributed by atoms with Crippen molar-refractivity contribution in [2.75, 3.05) is 20.3 Å². The fourth-order valence-electron chi connectivity index (χ4n) is 3.77. The smallest absolute Gasteiger partial charge is 0.252 e. The van der Waals surface area contributed by atoms with E-state index in [0.29, 0.717) is 36.3 Å². The number of para-hydroxylation sites is 1. The molecule has 1 aromatic heterocycles. The molecule has 0 spiro atoms. The Morgan fingerprint density at radius 2 is 1.83 bits per heavy atom. The van der Waals surface area contributed by atoms with Crippen molar-refractivity contribution < 1.29 is 19.1 Å². The van der Waals surface area contributed by atoms with Crippen LogP contribution < -0.4 is 15.4 Å². The summed E-state index contributed by atoms with van der Waals surface area (Å²) in [6, 6.07) is 15.1. The minimum atomic E-state index is -1.10. The molecule has 0 saturated carbocycles. The van der Waals surface area contributed by atoms with Crippen LogP contribution in [0.4, 0.5) is 0 Å². The van der Waals surface area contributed by atoms with Crippen molar-refractivity contribution in [3.05, 3.63) is 59.7 Å². The topological polar surface area (TPSA) is 89.5 Å². The summed E-state index contributed by atoms with van der Waals surface area (Å²) in [4.78, 5) is 31.0. The van der Waals surface area contributed by atoms with E-state index in [4.69, 9.17) is 14.5 Å². The molecular weight excluding hydrogens is 442 g/mol. The van der Waals surface area contributed by atoms with Crippen LogP contribution in [0.25, 0.3) is 22.2 Å². The van der Waals surface area contributed by atoms with E-state index in [-0.39, 0.29) is 17.9 Å². The fourth-order valence-corrected chi connectivity index (χ4v) is 3.77. The van der Waals surface area contributed by atoms with Gasteiger partial charge in [0.25, 0.3) is 5.91 Å². The molecule has 2 N–H and O–H groups in total. The van der Waals surface area contributed by atoms with Crippen molar-refractivity contribution in [3.63, 3.8) is 0 Å². The van der Waals surface area contributed by atoms with E-state index < -0.39 is 5.54 Å². The Labute approximate surface area is 207 Å². The van der Waals surface area contributed by atoms with Gasteiger partial charge in [-0.05, 0) is 76.9 Å². The predicted molar refractivity (Wildman–Crippen MR) is 139 cm³/mol. The number of methoxy groups -OCH3 is 1. The molecule has 3 rings (SSSR count). The van der Waals surface area contributed by atoms with E-state index >= 15 is 0 Å². The molecule has 0 aliphatic heterocycles. The molecule has 2 aromatic carbocycles. The summed E-state index contributed by atoms with van der Waals surface area (Å²) in [6.07, 6.45) is 0.858. The lowest BCUT2D eigenvalue weighted by Gasteiger charge is -2.25. The molecule has 0 aliphatic rings. The zero-order valence-corrected chi connectivity index (χ0v) is 21.4. The highest BCUT2D eigenvalue weighted by molar-refractivity contribution is 6.08. The normalized spacial score (nSPS) is 11.5. The van der Waals surface area contributed by atoms with Gasteiger partial charge in [0.1, 0.15) is 11.3 Å². The van der Waals surface area contributed by atoms with Crippen LogP contribution in [-0.2, 0) is 9.53 Å². The number of aromatic nitrogens is 1. The lowest BCUT2D eigenvalue weighted by atomic mass is 9.99. The molecule has 35 heavy (non-hydrogen) atoms. The number of hydrogen-bond donors (Lipinski definition) is 2. The van der Waals surface area contributed by atoms with Gasteiger partial charge in [0.15, 0.2) is 0 Å². The highest BCUT2D eigenvalue weighted by Gasteiger charge is 2.30. The maximum absolute atomic E-state index is 13.4. The molecule has 0 aliphatic carbocycles. The first-order chi connectivity index (χ1) is 16.6. The third-order valence-corrected chi connectivity index (χ3v) is 5.70. The van der Waals surface area contributed by atoms with Gasteiger partial charge in [-0.2, -0.15) is 0 Å². The predicted octanol–water partition coefficient (Wildman–Crippen LogP) is 4.66. The quantitative estimate of drug-likeness (QED) is 0.415. The number of ether oxygens (including phenoxy) is 2. The molecular formula is C28H35N3O4. The molecule has 7 nitrogen and oxygen atoms in total. The van der Waals surface area contributed by atoms with Gasteiger partial charge >= 0.3 is 0 Å². The molecule has 0 unspecified atom stereocenters. The number of fused-ring (bicyclic) bond motifs is 1. The van der Waals surface area contributed by atoms with Crippen molar-refractivity contribution in [1.82, 2.24) is 15.6 Å². The summed E-state index contributed by atoms with van der Waals surface area (Å²) in [6.45, 7) is 10.4. The summed E-state index contributed by atoms with van der Waals surface area (Å²) in [5.41, 5.74) is 2.59. The first-order valence-electron chi connectivity index (χ1n) is 11.9. The van der Waals surface area contributed by atoms with Gasteiger partial charge in [-0.1, -0.05) is 18.2 Å². The molecule has 186 valence electrons. The van der Waals surface area contributed by atoms with Crippen molar-refractivity contribution in [2.24, 2.45) is 0 Å². The summed E-state index contributed by atoms with van der Waals surface area (Å²) >= 11 is 0. The molecule has 2 amide bonds. The maximum Gasteiger partial charge on any atom is 0.252 e. The third-order valence-electron chi connectivity index (χ3n) is 5.70.